The normalized spacial score (nSPS) is 11.1. The van der Waals surface area contributed by atoms with Gasteiger partial charge in [-0.3, -0.25) is 4.98 Å². The predicted molar refractivity (Wildman–Crippen MR) is 82.4 cm³/mol. The molecule has 0 unspecified atom stereocenters. The molecule has 100 valence electrons. The molecule has 0 aliphatic heterocycles. The van der Waals surface area contributed by atoms with Gasteiger partial charge in [0.1, 0.15) is 0 Å². The van der Waals surface area contributed by atoms with E-state index in [4.69, 9.17) is 0 Å². The van der Waals surface area contributed by atoms with Crippen LogP contribution >= 0.6 is 0 Å². The first-order valence-corrected chi connectivity index (χ1v) is 7.00. The van der Waals surface area contributed by atoms with Gasteiger partial charge in [-0.05, 0) is 55.9 Å². The Hall–Kier alpha value is -1.63. The van der Waals surface area contributed by atoms with Crippen molar-refractivity contribution in [3.8, 4) is 11.3 Å². The highest BCUT2D eigenvalue weighted by Gasteiger charge is 2.08. The van der Waals surface area contributed by atoms with Crippen LogP contribution in [0.25, 0.3) is 11.3 Å². The second kappa shape index (κ2) is 5.56. The van der Waals surface area contributed by atoms with Gasteiger partial charge >= 0.3 is 0 Å². The molecule has 0 spiro atoms. The Kier molecular flexibility index (Phi) is 4.04. The van der Waals surface area contributed by atoms with Gasteiger partial charge in [-0.15, -0.1) is 0 Å². The van der Waals surface area contributed by atoms with E-state index in [1.54, 1.807) is 0 Å². The average molecular weight is 253 g/mol. The summed E-state index contributed by atoms with van der Waals surface area (Å²) in [4.78, 5) is 4.61. The molecular weight excluding hydrogens is 230 g/mol. The molecule has 1 heteroatoms. The molecule has 19 heavy (non-hydrogen) atoms. The summed E-state index contributed by atoms with van der Waals surface area (Å²) in [7, 11) is 0. The van der Waals surface area contributed by atoms with E-state index in [-0.39, 0.29) is 0 Å². The Labute approximate surface area is 116 Å². The molecule has 0 aliphatic rings. The van der Waals surface area contributed by atoms with Crippen molar-refractivity contribution in [2.75, 3.05) is 0 Å². The molecule has 0 bridgehead atoms. The van der Waals surface area contributed by atoms with E-state index >= 15 is 0 Å². The van der Waals surface area contributed by atoms with Gasteiger partial charge in [0.25, 0.3) is 0 Å². The van der Waals surface area contributed by atoms with Gasteiger partial charge in [0, 0.05) is 11.8 Å². The van der Waals surface area contributed by atoms with Crippen molar-refractivity contribution >= 4 is 0 Å². The number of hydrogen-bond donors (Lipinski definition) is 0. The Morgan fingerprint density at radius 1 is 1.00 bits per heavy atom. The third-order valence-corrected chi connectivity index (χ3v) is 3.50. The van der Waals surface area contributed by atoms with E-state index < -0.39 is 0 Å². The summed E-state index contributed by atoms with van der Waals surface area (Å²) >= 11 is 0. The SMILES string of the molecule is Cc1ccc(-c2cc(CC(C)C)c(C)cn2)c(C)c1. The van der Waals surface area contributed by atoms with Crippen LogP contribution in [-0.4, -0.2) is 4.98 Å². The van der Waals surface area contributed by atoms with E-state index in [9.17, 15) is 0 Å². The zero-order chi connectivity index (χ0) is 14.0. The fourth-order valence-corrected chi connectivity index (χ4v) is 2.47. The standard InChI is InChI=1S/C18H23N/c1-12(2)8-16-10-18(19-11-15(16)5)17-7-6-13(3)9-14(17)4/h6-7,9-12H,8H2,1-5H3. The lowest BCUT2D eigenvalue weighted by atomic mass is 9.96. The molecule has 0 fully saturated rings. The molecule has 0 atom stereocenters. The molecule has 1 heterocycles. The van der Waals surface area contributed by atoms with Crippen molar-refractivity contribution < 1.29 is 0 Å². The van der Waals surface area contributed by atoms with Gasteiger partial charge in [0.2, 0.25) is 0 Å². The summed E-state index contributed by atoms with van der Waals surface area (Å²) in [5.41, 5.74) is 7.65. The second-order valence-electron chi connectivity index (χ2n) is 5.91. The lowest BCUT2D eigenvalue weighted by Crippen LogP contribution is -1.99. The van der Waals surface area contributed by atoms with Crippen molar-refractivity contribution in [2.24, 2.45) is 5.92 Å². The number of aryl methyl sites for hydroxylation is 3. The fourth-order valence-electron chi connectivity index (χ4n) is 2.47. The summed E-state index contributed by atoms with van der Waals surface area (Å²) in [6.07, 6.45) is 3.12. The molecule has 0 radical (unpaired) electrons. The second-order valence-corrected chi connectivity index (χ2v) is 5.91. The van der Waals surface area contributed by atoms with Crippen LogP contribution in [0.5, 0.6) is 0 Å². The van der Waals surface area contributed by atoms with Gasteiger partial charge in [0.05, 0.1) is 5.69 Å². The maximum atomic E-state index is 4.61. The average Bonchev–Trinajstić information content (AvgIpc) is 2.32. The first-order chi connectivity index (χ1) is 8.97. The summed E-state index contributed by atoms with van der Waals surface area (Å²) in [6, 6.07) is 8.82. The first-order valence-electron chi connectivity index (χ1n) is 7.00. The number of aromatic nitrogens is 1. The molecule has 0 N–H and O–H groups in total. The van der Waals surface area contributed by atoms with Gasteiger partial charge in [0.15, 0.2) is 0 Å². The zero-order valence-corrected chi connectivity index (χ0v) is 12.6. The monoisotopic (exact) mass is 253 g/mol. The van der Waals surface area contributed by atoms with Gasteiger partial charge in [-0.25, -0.2) is 0 Å². The first kappa shape index (κ1) is 13.8. The van der Waals surface area contributed by atoms with Crippen molar-refractivity contribution in [1.82, 2.24) is 4.98 Å². The number of rotatable bonds is 3. The van der Waals surface area contributed by atoms with Crippen LogP contribution in [0.15, 0.2) is 30.5 Å². The maximum absolute atomic E-state index is 4.61. The number of hydrogen-bond acceptors (Lipinski definition) is 1. The Morgan fingerprint density at radius 2 is 1.74 bits per heavy atom. The van der Waals surface area contributed by atoms with E-state index in [1.165, 1.54) is 27.8 Å². The predicted octanol–water partition coefficient (Wildman–Crippen LogP) is 4.87. The minimum absolute atomic E-state index is 0.674. The summed E-state index contributed by atoms with van der Waals surface area (Å²) in [5.74, 6) is 0.674. The molecule has 0 amide bonds. The van der Waals surface area contributed by atoms with Gasteiger partial charge < -0.3 is 0 Å². The molecule has 1 aromatic heterocycles. The lowest BCUT2D eigenvalue weighted by molar-refractivity contribution is 0.644. The van der Waals surface area contributed by atoms with Crippen molar-refractivity contribution in [3.63, 3.8) is 0 Å². The van der Waals surface area contributed by atoms with Crippen LogP contribution in [0.1, 0.15) is 36.1 Å². The minimum Gasteiger partial charge on any atom is -0.256 e. The number of benzene rings is 1. The van der Waals surface area contributed by atoms with Crippen LogP contribution in [0.2, 0.25) is 0 Å². The topological polar surface area (TPSA) is 12.9 Å². The third kappa shape index (κ3) is 3.23. The molecule has 0 saturated carbocycles. The van der Waals surface area contributed by atoms with Crippen LogP contribution < -0.4 is 0 Å². The Bertz CT molecular complexity index is 582. The van der Waals surface area contributed by atoms with E-state index in [2.05, 4.69) is 63.9 Å². The summed E-state index contributed by atoms with van der Waals surface area (Å²) in [5, 5.41) is 0. The van der Waals surface area contributed by atoms with Crippen LogP contribution in [0, 0.1) is 26.7 Å². The molecule has 0 saturated heterocycles. The molecule has 0 aliphatic carbocycles. The fraction of sp³-hybridized carbons (Fsp3) is 0.389. The van der Waals surface area contributed by atoms with Crippen LogP contribution in [0.3, 0.4) is 0 Å². The lowest BCUT2D eigenvalue weighted by Gasteiger charge is -2.12. The third-order valence-electron chi connectivity index (χ3n) is 3.50. The molecular formula is C18H23N. The molecule has 2 rings (SSSR count). The number of pyridine rings is 1. The van der Waals surface area contributed by atoms with Crippen LogP contribution in [-0.2, 0) is 6.42 Å². The highest BCUT2D eigenvalue weighted by Crippen LogP contribution is 2.25. The van der Waals surface area contributed by atoms with E-state index in [1.807, 2.05) is 6.20 Å². The van der Waals surface area contributed by atoms with Crippen molar-refractivity contribution in [3.05, 3.63) is 52.7 Å². The smallest absolute Gasteiger partial charge is 0.0707 e. The zero-order valence-electron chi connectivity index (χ0n) is 12.6. The van der Waals surface area contributed by atoms with Crippen LogP contribution in [0.4, 0.5) is 0 Å². The Morgan fingerprint density at radius 3 is 2.37 bits per heavy atom. The highest BCUT2D eigenvalue weighted by molar-refractivity contribution is 5.64. The van der Waals surface area contributed by atoms with E-state index in [0.29, 0.717) is 5.92 Å². The maximum Gasteiger partial charge on any atom is 0.0707 e. The molecule has 1 aromatic carbocycles. The molecule has 1 nitrogen and oxygen atoms in total. The van der Waals surface area contributed by atoms with Crippen molar-refractivity contribution in [2.45, 2.75) is 41.0 Å². The number of nitrogens with zero attached hydrogens (tertiary/aromatic N) is 1. The summed E-state index contributed by atoms with van der Waals surface area (Å²) < 4.78 is 0. The molecule has 2 aromatic rings. The van der Waals surface area contributed by atoms with E-state index in [0.717, 1.165) is 12.1 Å². The Balaban J connectivity index is 2.45. The van der Waals surface area contributed by atoms with Gasteiger partial charge in [-0.2, -0.15) is 0 Å². The van der Waals surface area contributed by atoms with Crippen molar-refractivity contribution in [1.29, 1.82) is 0 Å². The quantitative estimate of drug-likeness (QED) is 0.760. The van der Waals surface area contributed by atoms with Gasteiger partial charge in [-0.1, -0.05) is 37.6 Å². The highest BCUT2D eigenvalue weighted by atomic mass is 14.7. The minimum atomic E-state index is 0.674. The largest absolute Gasteiger partial charge is 0.256 e. The summed E-state index contributed by atoms with van der Waals surface area (Å²) in [6.45, 7) is 11.0.